The van der Waals surface area contributed by atoms with Crippen LogP contribution in [-0.2, 0) is 10.0 Å². The summed E-state index contributed by atoms with van der Waals surface area (Å²) in [4.78, 5) is 12.3. The third-order valence-electron chi connectivity index (χ3n) is 4.79. The Morgan fingerprint density at radius 2 is 1.83 bits per heavy atom. The number of hydrogen-bond acceptors (Lipinski definition) is 7. The van der Waals surface area contributed by atoms with Gasteiger partial charge in [-0.3, -0.25) is 4.79 Å². The minimum Gasteiger partial charge on any atom is -0.492 e. The number of nitrogen functional groups attached to an aromatic ring is 1. The Morgan fingerprint density at radius 3 is 2.41 bits per heavy atom. The van der Waals surface area contributed by atoms with E-state index in [0.717, 1.165) is 25.3 Å². The molecular formula is C19H21N5O4S. The van der Waals surface area contributed by atoms with E-state index in [1.54, 1.807) is 25.1 Å². The van der Waals surface area contributed by atoms with Crippen molar-refractivity contribution in [2.24, 2.45) is 5.10 Å². The van der Waals surface area contributed by atoms with E-state index in [0.29, 0.717) is 29.0 Å². The highest BCUT2D eigenvalue weighted by Gasteiger charge is 2.25. The third-order valence-corrected chi connectivity index (χ3v) is 6.70. The van der Waals surface area contributed by atoms with Crippen LogP contribution in [0, 0.1) is 11.3 Å². The first-order chi connectivity index (χ1) is 13.8. The van der Waals surface area contributed by atoms with Gasteiger partial charge in [-0.25, -0.2) is 8.42 Å². The summed E-state index contributed by atoms with van der Waals surface area (Å²) >= 11 is 0. The van der Waals surface area contributed by atoms with Crippen LogP contribution < -0.4 is 11.3 Å². The Balaban J connectivity index is 1.93. The van der Waals surface area contributed by atoms with Gasteiger partial charge in [-0.2, -0.15) is 19.3 Å². The molecular weight excluding hydrogens is 394 g/mol. The fourth-order valence-corrected chi connectivity index (χ4v) is 4.66. The molecule has 0 aliphatic carbocycles. The van der Waals surface area contributed by atoms with Gasteiger partial charge in [0.25, 0.3) is 5.56 Å². The number of nitriles is 1. The first-order valence-corrected chi connectivity index (χ1v) is 10.5. The van der Waals surface area contributed by atoms with E-state index in [1.807, 2.05) is 0 Å². The van der Waals surface area contributed by atoms with E-state index < -0.39 is 21.5 Å². The molecule has 9 nitrogen and oxygen atoms in total. The maximum absolute atomic E-state index is 12.7. The number of nitrogens with zero attached hydrogens (tertiary/aromatic N) is 4. The number of benzene rings is 1. The maximum atomic E-state index is 12.7. The molecule has 2 aromatic rings. The van der Waals surface area contributed by atoms with Gasteiger partial charge in [-0.05, 0) is 37.5 Å². The molecule has 29 heavy (non-hydrogen) atoms. The molecule has 0 bridgehead atoms. The Kier molecular flexibility index (Phi) is 5.72. The zero-order valence-electron chi connectivity index (χ0n) is 15.9. The average molecular weight is 415 g/mol. The van der Waals surface area contributed by atoms with Crippen molar-refractivity contribution in [1.29, 1.82) is 5.26 Å². The van der Waals surface area contributed by atoms with Gasteiger partial charge in [0, 0.05) is 19.2 Å². The summed E-state index contributed by atoms with van der Waals surface area (Å²) < 4.78 is 27.6. The van der Waals surface area contributed by atoms with Gasteiger partial charge in [0.1, 0.15) is 11.6 Å². The number of aromatic nitrogens is 1. The van der Waals surface area contributed by atoms with E-state index in [9.17, 15) is 18.3 Å². The van der Waals surface area contributed by atoms with Gasteiger partial charge >= 0.3 is 0 Å². The zero-order valence-corrected chi connectivity index (χ0v) is 16.7. The molecule has 0 saturated carbocycles. The minimum atomic E-state index is -3.54. The van der Waals surface area contributed by atoms with Crippen molar-refractivity contribution in [2.45, 2.75) is 31.1 Å². The van der Waals surface area contributed by atoms with Crippen LogP contribution in [0.15, 0.2) is 45.1 Å². The summed E-state index contributed by atoms with van der Waals surface area (Å²) in [6.45, 7) is 2.64. The summed E-state index contributed by atoms with van der Waals surface area (Å²) in [5, 5.41) is 23.2. The van der Waals surface area contributed by atoms with Gasteiger partial charge in [-0.15, -0.1) is 0 Å². The SMILES string of the molecule is C/C(=N\n1c(O)c(C#N)c(N)cc1=O)c1ccc(S(=O)(=O)N2CCCCC2)cc1. The maximum Gasteiger partial charge on any atom is 0.276 e. The lowest BCUT2D eigenvalue weighted by atomic mass is 10.1. The molecule has 1 aliphatic heterocycles. The topological polar surface area (TPSA) is 142 Å². The molecule has 3 N–H and O–H groups in total. The smallest absolute Gasteiger partial charge is 0.276 e. The molecule has 1 saturated heterocycles. The number of anilines is 1. The molecule has 1 aromatic heterocycles. The molecule has 3 rings (SSSR count). The summed E-state index contributed by atoms with van der Waals surface area (Å²) in [6.07, 6.45) is 2.74. The summed E-state index contributed by atoms with van der Waals surface area (Å²) in [6, 6.07) is 8.88. The highest BCUT2D eigenvalue weighted by Crippen LogP contribution is 2.22. The van der Waals surface area contributed by atoms with E-state index in [-0.39, 0.29) is 16.1 Å². The molecule has 1 aromatic carbocycles. The van der Waals surface area contributed by atoms with Crippen LogP contribution in [0.3, 0.4) is 0 Å². The average Bonchev–Trinajstić information content (AvgIpc) is 2.72. The molecule has 1 aliphatic rings. The molecule has 0 unspecified atom stereocenters. The van der Waals surface area contributed by atoms with Crippen molar-refractivity contribution in [3.05, 3.63) is 51.8 Å². The number of nitrogens with two attached hydrogens (primary N) is 1. The molecule has 2 heterocycles. The number of aromatic hydroxyl groups is 1. The second-order valence-electron chi connectivity index (χ2n) is 6.73. The molecule has 152 valence electrons. The molecule has 1 fully saturated rings. The van der Waals surface area contributed by atoms with Crippen LogP contribution in [0.2, 0.25) is 0 Å². The van der Waals surface area contributed by atoms with Crippen molar-refractivity contribution < 1.29 is 13.5 Å². The number of hydrogen-bond donors (Lipinski definition) is 2. The van der Waals surface area contributed by atoms with E-state index >= 15 is 0 Å². The Morgan fingerprint density at radius 1 is 1.21 bits per heavy atom. The fourth-order valence-electron chi connectivity index (χ4n) is 3.15. The Labute approximate surface area is 168 Å². The third kappa shape index (κ3) is 4.01. The first-order valence-electron chi connectivity index (χ1n) is 9.06. The van der Waals surface area contributed by atoms with Crippen LogP contribution >= 0.6 is 0 Å². The van der Waals surface area contributed by atoms with Crippen molar-refractivity contribution in [3.8, 4) is 11.9 Å². The van der Waals surface area contributed by atoms with E-state index in [1.165, 1.54) is 16.4 Å². The van der Waals surface area contributed by atoms with Gasteiger partial charge in [-0.1, -0.05) is 18.6 Å². The summed E-state index contributed by atoms with van der Waals surface area (Å²) in [5.74, 6) is -0.652. The number of pyridine rings is 1. The summed E-state index contributed by atoms with van der Waals surface area (Å²) in [5.41, 5.74) is 5.39. The lowest BCUT2D eigenvalue weighted by molar-refractivity contribution is 0.346. The van der Waals surface area contributed by atoms with Gasteiger partial charge in [0.15, 0.2) is 0 Å². The van der Waals surface area contributed by atoms with Gasteiger partial charge in [0.05, 0.1) is 16.3 Å². The normalized spacial score (nSPS) is 15.8. The van der Waals surface area contributed by atoms with Gasteiger partial charge < -0.3 is 10.8 Å². The largest absolute Gasteiger partial charge is 0.492 e. The van der Waals surface area contributed by atoms with E-state index in [4.69, 9.17) is 11.0 Å². The Hall–Kier alpha value is -3.16. The van der Waals surface area contributed by atoms with E-state index in [2.05, 4.69) is 5.10 Å². The molecule has 0 amide bonds. The second kappa shape index (κ2) is 8.06. The van der Waals surface area contributed by atoms with Crippen molar-refractivity contribution in [2.75, 3.05) is 18.8 Å². The summed E-state index contributed by atoms with van der Waals surface area (Å²) in [7, 11) is -3.54. The lowest BCUT2D eigenvalue weighted by Gasteiger charge is -2.25. The number of rotatable bonds is 4. The van der Waals surface area contributed by atoms with Gasteiger partial charge in [0.2, 0.25) is 15.9 Å². The second-order valence-corrected chi connectivity index (χ2v) is 8.67. The number of piperidine rings is 1. The predicted octanol–water partition coefficient (Wildman–Crippen LogP) is 1.45. The quantitative estimate of drug-likeness (QED) is 0.724. The highest BCUT2D eigenvalue weighted by atomic mass is 32.2. The Bertz CT molecular complexity index is 1150. The molecule has 0 atom stereocenters. The standard InChI is InChI=1S/C19H21N5O4S/c1-13(22-24-18(25)11-17(21)16(12-20)19(24)26)14-5-7-15(8-6-14)29(27,28)23-9-3-2-4-10-23/h5-8,11,26H,2-4,9-10,21H2,1H3/b22-13+. The molecule has 0 spiro atoms. The molecule has 10 heteroatoms. The lowest BCUT2D eigenvalue weighted by Crippen LogP contribution is -2.35. The van der Waals surface area contributed by atoms with Crippen LogP contribution in [-0.4, -0.2) is 41.3 Å². The monoisotopic (exact) mass is 415 g/mol. The van der Waals surface area contributed by atoms with Crippen molar-refractivity contribution >= 4 is 21.4 Å². The zero-order chi connectivity index (χ0) is 21.2. The van der Waals surface area contributed by atoms with Crippen molar-refractivity contribution in [1.82, 2.24) is 8.98 Å². The van der Waals surface area contributed by atoms with Crippen LogP contribution in [0.25, 0.3) is 0 Å². The minimum absolute atomic E-state index is 0.133. The molecule has 0 radical (unpaired) electrons. The number of sulfonamides is 1. The predicted molar refractivity (Wildman–Crippen MR) is 108 cm³/mol. The highest BCUT2D eigenvalue weighted by molar-refractivity contribution is 7.89. The van der Waals surface area contributed by atoms with Crippen molar-refractivity contribution in [3.63, 3.8) is 0 Å². The fraction of sp³-hybridized carbons (Fsp3) is 0.316. The van der Waals surface area contributed by atoms with Crippen LogP contribution in [0.1, 0.15) is 37.3 Å². The first kappa shape index (κ1) is 20.6. The van der Waals surface area contributed by atoms with Crippen LogP contribution in [0.5, 0.6) is 5.88 Å². The van der Waals surface area contributed by atoms with Crippen LogP contribution in [0.4, 0.5) is 5.69 Å².